The van der Waals surface area contributed by atoms with E-state index in [-0.39, 0.29) is 12.5 Å². The summed E-state index contributed by atoms with van der Waals surface area (Å²) in [6, 6.07) is 11.6. The molecule has 138 valence electrons. The molecule has 1 amide bonds. The van der Waals surface area contributed by atoms with Crippen LogP contribution in [0.1, 0.15) is 36.5 Å². The van der Waals surface area contributed by atoms with Crippen LogP contribution in [0.5, 0.6) is 11.5 Å². The van der Waals surface area contributed by atoms with Gasteiger partial charge < -0.3 is 9.47 Å². The van der Waals surface area contributed by atoms with Crippen molar-refractivity contribution in [2.45, 2.75) is 26.7 Å². The molecule has 2 rings (SSSR count). The van der Waals surface area contributed by atoms with E-state index in [9.17, 15) is 4.79 Å². The number of hydrogen-bond donors (Lipinski definition) is 1. The van der Waals surface area contributed by atoms with Gasteiger partial charge >= 0.3 is 0 Å². The first-order chi connectivity index (χ1) is 12.4. The predicted molar refractivity (Wildman–Crippen MR) is 107 cm³/mol. The lowest BCUT2D eigenvalue weighted by molar-refractivity contribution is -0.123. The van der Waals surface area contributed by atoms with Gasteiger partial charge in [0.05, 0.1) is 13.3 Å². The van der Waals surface area contributed by atoms with Crippen molar-refractivity contribution < 1.29 is 14.3 Å². The maximum Gasteiger partial charge on any atom is 0.277 e. The average molecular weight is 419 g/mol. The molecule has 0 bridgehead atoms. The van der Waals surface area contributed by atoms with Crippen molar-refractivity contribution in [3.8, 4) is 11.5 Å². The molecular formula is C20H23BrN2O3. The fourth-order valence-corrected chi connectivity index (χ4v) is 2.58. The number of rotatable bonds is 7. The lowest BCUT2D eigenvalue weighted by atomic mass is 10.0. The van der Waals surface area contributed by atoms with Gasteiger partial charge in [-0.1, -0.05) is 41.9 Å². The van der Waals surface area contributed by atoms with Crippen molar-refractivity contribution in [3.05, 3.63) is 57.6 Å². The third-order valence-electron chi connectivity index (χ3n) is 3.83. The second-order valence-electron chi connectivity index (χ2n) is 6.15. The molecule has 26 heavy (non-hydrogen) atoms. The van der Waals surface area contributed by atoms with Crippen LogP contribution in [-0.2, 0) is 4.79 Å². The Hall–Kier alpha value is -2.34. The number of hydrazone groups is 1. The van der Waals surface area contributed by atoms with E-state index in [1.165, 1.54) is 5.56 Å². The van der Waals surface area contributed by atoms with E-state index >= 15 is 0 Å². The Morgan fingerprint density at radius 3 is 2.73 bits per heavy atom. The van der Waals surface area contributed by atoms with E-state index < -0.39 is 0 Å². The second-order valence-corrected chi connectivity index (χ2v) is 7.00. The highest BCUT2D eigenvalue weighted by atomic mass is 79.9. The number of nitrogens with one attached hydrogen (secondary N) is 1. The van der Waals surface area contributed by atoms with Gasteiger partial charge in [0, 0.05) is 10.0 Å². The zero-order chi connectivity index (χ0) is 19.1. The summed E-state index contributed by atoms with van der Waals surface area (Å²) in [7, 11) is 1.60. The molecule has 0 unspecified atom stereocenters. The van der Waals surface area contributed by atoms with Crippen LogP contribution < -0.4 is 14.9 Å². The summed E-state index contributed by atoms with van der Waals surface area (Å²) in [5.41, 5.74) is 5.43. The number of ether oxygens (including phenoxy) is 2. The Balaban J connectivity index is 1.93. The number of carbonyl (C=O) groups excluding carboxylic acids is 1. The zero-order valence-corrected chi connectivity index (χ0v) is 17.0. The maximum absolute atomic E-state index is 12.0. The fraction of sp³-hybridized carbons (Fsp3) is 0.300. The topological polar surface area (TPSA) is 59.9 Å². The van der Waals surface area contributed by atoms with Gasteiger partial charge in [-0.05, 0) is 48.2 Å². The number of methoxy groups -OCH3 is 1. The second kappa shape index (κ2) is 9.38. The SMILES string of the molecule is COc1ccc(Br)c(C=NNC(=O)COc2cc(C(C)C)ccc2C)c1. The van der Waals surface area contributed by atoms with Crippen molar-refractivity contribution in [2.75, 3.05) is 13.7 Å². The monoisotopic (exact) mass is 418 g/mol. The Labute approximate surface area is 162 Å². The summed E-state index contributed by atoms with van der Waals surface area (Å²) in [4.78, 5) is 12.0. The molecule has 0 saturated carbocycles. The highest BCUT2D eigenvalue weighted by molar-refractivity contribution is 9.10. The third-order valence-corrected chi connectivity index (χ3v) is 4.56. The van der Waals surface area contributed by atoms with Crippen LogP contribution >= 0.6 is 15.9 Å². The van der Waals surface area contributed by atoms with Crippen LogP contribution in [0.25, 0.3) is 0 Å². The van der Waals surface area contributed by atoms with Crippen LogP contribution in [0.2, 0.25) is 0 Å². The lowest BCUT2D eigenvalue weighted by Crippen LogP contribution is -2.24. The Morgan fingerprint density at radius 2 is 2.04 bits per heavy atom. The minimum absolute atomic E-state index is 0.0982. The maximum atomic E-state index is 12.0. The van der Waals surface area contributed by atoms with Crippen LogP contribution in [0.4, 0.5) is 0 Å². The first kappa shape index (κ1) is 20.0. The largest absolute Gasteiger partial charge is 0.497 e. The van der Waals surface area contributed by atoms with E-state index in [1.807, 2.05) is 37.3 Å². The van der Waals surface area contributed by atoms with E-state index in [1.54, 1.807) is 13.3 Å². The van der Waals surface area contributed by atoms with E-state index in [0.717, 1.165) is 15.6 Å². The number of halogens is 1. The van der Waals surface area contributed by atoms with Crippen molar-refractivity contribution in [1.29, 1.82) is 0 Å². The molecular weight excluding hydrogens is 396 g/mol. The molecule has 0 heterocycles. The molecule has 0 saturated heterocycles. The average Bonchev–Trinajstić information content (AvgIpc) is 2.62. The summed E-state index contributed by atoms with van der Waals surface area (Å²) in [6.45, 7) is 6.09. The number of hydrogen-bond acceptors (Lipinski definition) is 4. The molecule has 5 nitrogen and oxygen atoms in total. The highest BCUT2D eigenvalue weighted by Crippen LogP contribution is 2.24. The molecule has 2 aromatic rings. The molecule has 0 fully saturated rings. The zero-order valence-electron chi connectivity index (χ0n) is 15.4. The van der Waals surface area contributed by atoms with Gasteiger partial charge in [-0.3, -0.25) is 4.79 Å². The third kappa shape index (κ3) is 5.59. The molecule has 0 aliphatic carbocycles. The minimum Gasteiger partial charge on any atom is -0.497 e. The van der Waals surface area contributed by atoms with E-state index in [2.05, 4.69) is 46.4 Å². The summed E-state index contributed by atoms with van der Waals surface area (Å²) in [6.07, 6.45) is 1.55. The molecule has 0 atom stereocenters. The van der Waals surface area contributed by atoms with E-state index in [4.69, 9.17) is 9.47 Å². The quantitative estimate of drug-likeness (QED) is 0.534. The summed E-state index contributed by atoms with van der Waals surface area (Å²) >= 11 is 3.43. The van der Waals surface area contributed by atoms with Crippen molar-refractivity contribution in [3.63, 3.8) is 0 Å². The molecule has 0 radical (unpaired) electrons. The van der Waals surface area contributed by atoms with Crippen LogP contribution in [0, 0.1) is 6.92 Å². The molecule has 2 aromatic carbocycles. The molecule has 6 heteroatoms. The van der Waals surface area contributed by atoms with Gasteiger partial charge in [-0.15, -0.1) is 0 Å². The van der Waals surface area contributed by atoms with Crippen LogP contribution in [0.15, 0.2) is 46.0 Å². The number of nitrogens with zero attached hydrogens (tertiary/aromatic N) is 1. The van der Waals surface area contributed by atoms with Gasteiger partial charge in [0.25, 0.3) is 5.91 Å². The van der Waals surface area contributed by atoms with Crippen molar-refractivity contribution >= 4 is 28.1 Å². The van der Waals surface area contributed by atoms with Crippen molar-refractivity contribution in [2.24, 2.45) is 5.10 Å². The van der Waals surface area contributed by atoms with Gasteiger partial charge in [-0.2, -0.15) is 5.10 Å². The first-order valence-corrected chi connectivity index (χ1v) is 9.08. The van der Waals surface area contributed by atoms with Crippen LogP contribution in [-0.4, -0.2) is 25.8 Å². The smallest absolute Gasteiger partial charge is 0.277 e. The molecule has 0 aliphatic heterocycles. The molecule has 0 spiro atoms. The highest BCUT2D eigenvalue weighted by Gasteiger charge is 2.07. The van der Waals surface area contributed by atoms with Gasteiger partial charge in [-0.25, -0.2) is 5.43 Å². The van der Waals surface area contributed by atoms with Gasteiger partial charge in [0.1, 0.15) is 11.5 Å². The Bertz CT molecular complexity index is 804. The number of benzene rings is 2. The van der Waals surface area contributed by atoms with E-state index in [0.29, 0.717) is 17.4 Å². The van der Waals surface area contributed by atoms with Crippen molar-refractivity contribution in [1.82, 2.24) is 5.43 Å². The van der Waals surface area contributed by atoms with Crippen LogP contribution in [0.3, 0.4) is 0 Å². The normalized spacial score (nSPS) is 11.0. The summed E-state index contributed by atoms with van der Waals surface area (Å²) < 4.78 is 11.7. The van der Waals surface area contributed by atoms with Gasteiger partial charge in [0.2, 0.25) is 0 Å². The predicted octanol–water partition coefficient (Wildman–Crippen LogP) is 4.42. The lowest BCUT2D eigenvalue weighted by Gasteiger charge is -2.12. The molecule has 0 aliphatic rings. The Morgan fingerprint density at radius 1 is 1.27 bits per heavy atom. The molecule has 0 aromatic heterocycles. The van der Waals surface area contributed by atoms with Gasteiger partial charge in [0.15, 0.2) is 6.61 Å². The fourth-order valence-electron chi connectivity index (χ4n) is 2.23. The number of carbonyl (C=O) groups is 1. The first-order valence-electron chi connectivity index (χ1n) is 8.29. The summed E-state index contributed by atoms with van der Waals surface area (Å²) in [5, 5.41) is 3.97. The minimum atomic E-state index is -0.324. The Kier molecular flexibility index (Phi) is 7.21. The summed E-state index contributed by atoms with van der Waals surface area (Å²) in [5.74, 6) is 1.50. The molecule has 1 N–H and O–H groups in total. The number of amides is 1. The number of aryl methyl sites for hydroxylation is 1. The standard InChI is InChI=1S/C20H23BrN2O3/c1-13(2)15-6-5-14(3)19(10-15)26-12-20(24)23-22-11-16-9-17(25-4)7-8-18(16)21/h5-11,13H,12H2,1-4H3,(H,23,24).